The molecule has 0 saturated carbocycles. The highest BCUT2D eigenvalue weighted by Crippen LogP contribution is 2.23. The Morgan fingerprint density at radius 1 is 1.07 bits per heavy atom. The Morgan fingerprint density at radius 3 is 2.43 bits per heavy atom. The molecule has 152 valence electrons. The first-order valence-electron chi connectivity index (χ1n) is 10.1. The normalized spacial score (nSPS) is 12.0. The van der Waals surface area contributed by atoms with Crippen LogP contribution in [0.2, 0.25) is 0 Å². The summed E-state index contributed by atoms with van der Waals surface area (Å²) in [5.74, 6) is 0.174. The van der Waals surface area contributed by atoms with Crippen LogP contribution in [0.15, 0.2) is 48.5 Å². The number of rotatable bonds is 11. The highest BCUT2D eigenvalue weighted by atomic mass is 16.5. The molecular formula is C23H32N2O3. The molecule has 0 heterocycles. The molecule has 2 aromatic carbocycles. The second-order valence-corrected chi connectivity index (χ2v) is 6.76. The van der Waals surface area contributed by atoms with Crippen LogP contribution in [0.5, 0.6) is 5.75 Å². The molecule has 0 fully saturated rings. The Labute approximate surface area is 168 Å². The van der Waals surface area contributed by atoms with Crippen LogP contribution in [0.4, 0.5) is 5.69 Å². The number of likely N-dealkylation sites (N-methyl/N-ethyl adjacent to an activating group) is 1. The van der Waals surface area contributed by atoms with Gasteiger partial charge in [-0.15, -0.1) is 0 Å². The molecule has 5 heteroatoms. The van der Waals surface area contributed by atoms with E-state index in [0.717, 1.165) is 25.9 Å². The molecule has 0 radical (unpaired) electrons. The SMILES string of the molecule is CCCOc1cc(C(=O)OC[C@H](Cc2ccccc2)N(CC)CC)ccc1N. The lowest BCUT2D eigenvalue weighted by molar-refractivity contribution is 0.0359. The number of nitrogens with zero attached hydrogens (tertiary/aromatic N) is 1. The van der Waals surface area contributed by atoms with Gasteiger partial charge in [0.25, 0.3) is 0 Å². The van der Waals surface area contributed by atoms with Gasteiger partial charge in [-0.25, -0.2) is 4.79 Å². The second kappa shape index (κ2) is 11.3. The average Bonchev–Trinajstić information content (AvgIpc) is 2.72. The van der Waals surface area contributed by atoms with Gasteiger partial charge < -0.3 is 15.2 Å². The average molecular weight is 385 g/mol. The van der Waals surface area contributed by atoms with E-state index in [1.807, 2.05) is 25.1 Å². The fraction of sp³-hybridized carbons (Fsp3) is 0.435. The van der Waals surface area contributed by atoms with Crippen LogP contribution in [0, 0.1) is 0 Å². The van der Waals surface area contributed by atoms with E-state index in [-0.39, 0.29) is 12.0 Å². The summed E-state index contributed by atoms with van der Waals surface area (Å²) in [6.45, 7) is 8.98. The molecule has 1 atom stereocenters. The van der Waals surface area contributed by atoms with E-state index in [1.54, 1.807) is 18.2 Å². The zero-order chi connectivity index (χ0) is 20.4. The van der Waals surface area contributed by atoms with E-state index in [1.165, 1.54) is 5.56 Å². The molecule has 0 aliphatic heterocycles. The smallest absolute Gasteiger partial charge is 0.338 e. The topological polar surface area (TPSA) is 64.8 Å². The number of hydrogen-bond acceptors (Lipinski definition) is 5. The number of nitrogen functional groups attached to an aromatic ring is 1. The fourth-order valence-corrected chi connectivity index (χ4v) is 3.17. The number of benzene rings is 2. The Morgan fingerprint density at radius 2 is 1.79 bits per heavy atom. The highest BCUT2D eigenvalue weighted by Gasteiger charge is 2.19. The molecule has 5 nitrogen and oxygen atoms in total. The third kappa shape index (κ3) is 6.27. The molecule has 0 spiro atoms. The Kier molecular flexibility index (Phi) is 8.82. The molecule has 0 aliphatic rings. The van der Waals surface area contributed by atoms with E-state index < -0.39 is 0 Å². The lowest BCUT2D eigenvalue weighted by Gasteiger charge is -2.29. The van der Waals surface area contributed by atoms with Crippen LogP contribution in [-0.2, 0) is 11.2 Å². The van der Waals surface area contributed by atoms with Crippen molar-refractivity contribution in [1.82, 2.24) is 4.90 Å². The van der Waals surface area contributed by atoms with Crippen molar-refractivity contribution < 1.29 is 14.3 Å². The van der Waals surface area contributed by atoms with Crippen molar-refractivity contribution in [3.05, 3.63) is 59.7 Å². The first-order chi connectivity index (χ1) is 13.6. The Balaban J connectivity index is 2.06. The van der Waals surface area contributed by atoms with Gasteiger partial charge in [-0.05, 0) is 49.7 Å². The zero-order valence-corrected chi connectivity index (χ0v) is 17.2. The van der Waals surface area contributed by atoms with E-state index in [4.69, 9.17) is 15.2 Å². The lowest BCUT2D eigenvalue weighted by atomic mass is 10.1. The first-order valence-corrected chi connectivity index (χ1v) is 10.1. The minimum absolute atomic E-state index is 0.131. The molecule has 0 aromatic heterocycles. The molecule has 0 saturated heterocycles. The minimum Gasteiger partial charge on any atom is -0.491 e. The molecule has 2 rings (SSSR count). The van der Waals surface area contributed by atoms with Gasteiger partial charge >= 0.3 is 5.97 Å². The van der Waals surface area contributed by atoms with Gasteiger partial charge in [-0.3, -0.25) is 4.90 Å². The van der Waals surface area contributed by atoms with Crippen molar-refractivity contribution in [3.8, 4) is 5.75 Å². The van der Waals surface area contributed by atoms with Crippen LogP contribution >= 0.6 is 0 Å². The zero-order valence-electron chi connectivity index (χ0n) is 17.2. The van der Waals surface area contributed by atoms with Gasteiger partial charge in [0.2, 0.25) is 0 Å². The predicted molar refractivity (Wildman–Crippen MR) is 114 cm³/mol. The van der Waals surface area contributed by atoms with Crippen LogP contribution in [0.1, 0.15) is 43.1 Å². The summed E-state index contributed by atoms with van der Waals surface area (Å²) in [6.07, 6.45) is 1.71. The minimum atomic E-state index is -0.355. The van der Waals surface area contributed by atoms with Gasteiger partial charge in [0.15, 0.2) is 0 Å². The molecule has 2 aromatic rings. The summed E-state index contributed by atoms with van der Waals surface area (Å²) in [5.41, 5.74) is 8.14. The number of nitrogens with two attached hydrogens (primary N) is 1. The third-order valence-corrected chi connectivity index (χ3v) is 4.76. The van der Waals surface area contributed by atoms with Crippen LogP contribution < -0.4 is 10.5 Å². The van der Waals surface area contributed by atoms with Gasteiger partial charge in [0.1, 0.15) is 12.4 Å². The summed E-state index contributed by atoms with van der Waals surface area (Å²) >= 11 is 0. The van der Waals surface area contributed by atoms with Gasteiger partial charge in [0.05, 0.1) is 17.9 Å². The maximum Gasteiger partial charge on any atom is 0.338 e. The number of ether oxygens (including phenoxy) is 2. The van der Waals surface area contributed by atoms with Gasteiger partial charge in [-0.1, -0.05) is 51.1 Å². The molecule has 0 bridgehead atoms. The largest absolute Gasteiger partial charge is 0.491 e. The molecule has 0 amide bonds. The van der Waals surface area contributed by atoms with Crippen LogP contribution in [0.25, 0.3) is 0 Å². The van der Waals surface area contributed by atoms with Crippen molar-refractivity contribution in [2.75, 3.05) is 32.0 Å². The molecule has 2 N–H and O–H groups in total. The Bertz CT molecular complexity index is 730. The van der Waals surface area contributed by atoms with E-state index >= 15 is 0 Å². The Hall–Kier alpha value is -2.53. The van der Waals surface area contributed by atoms with Crippen molar-refractivity contribution in [2.24, 2.45) is 0 Å². The lowest BCUT2D eigenvalue weighted by Crippen LogP contribution is -2.40. The standard InChI is InChI=1S/C23H32N2O3/c1-4-14-27-22-16-19(12-13-21(22)24)23(26)28-17-20(25(5-2)6-3)15-18-10-8-7-9-11-18/h7-13,16,20H,4-6,14-15,17,24H2,1-3H3/t20-/m0/s1. The summed E-state index contributed by atoms with van der Waals surface area (Å²) in [7, 11) is 0. The van der Waals surface area contributed by atoms with E-state index in [9.17, 15) is 4.79 Å². The molecule has 0 unspecified atom stereocenters. The number of esters is 1. The van der Waals surface area contributed by atoms with Crippen molar-refractivity contribution in [2.45, 2.75) is 39.7 Å². The number of anilines is 1. The maximum atomic E-state index is 12.6. The maximum absolute atomic E-state index is 12.6. The van der Waals surface area contributed by atoms with E-state index in [2.05, 4.69) is 30.9 Å². The number of carbonyl (C=O) groups is 1. The molecule has 28 heavy (non-hydrogen) atoms. The van der Waals surface area contributed by atoms with Gasteiger partial charge in [-0.2, -0.15) is 0 Å². The number of carbonyl (C=O) groups excluding carboxylic acids is 1. The van der Waals surface area contributed by atoms with Crippen molar-refractivity contribution in [3.63, 3.8) is 0 Å². The van der Waals surface area contributed by atoms with Gasteiger partial charge in [0, 0.05) is 6.04 Å². The van der Waals surface area contributed by atoms with Crippen molar-refractivity contribution in [1.29, 1.82) is 0 Å². The summed E-state index contributed by atoms with van der Waals surface area (Å²) in [4.78, 5) is 14.9. The first kappa shape index (κ1) is 21.8. The fourth-order valence-electron chi connectivity index (χ4n) is 3.17. The third-order valence-electron chi connectivity index (χ3n) is 4.76. The van der Waals surface area contributed by atoms with Crippen molar-refractivity contribution >= 4 is 11.7 Å². The van der Waals surface area contributed by atoms with Crippen LogP contribution in [0.3, 0.4) is 0 Å². The summed E-state index contributed by atoms with van der Waals surface area (Å²) in [5, 5.41) is 0. The second-order valence-electron chi connectivity index (χ2n) is 6.76. The number of hydrogen-bond donors (Lipinski definition) is 1. The highest BCUT2D eigenvalue weighted by molar-refractivity contribution is 5.90. The predicted octanol–water partition coefficient (Wildman–Crippen LogP) is 4.17. The summed E-state index contributed by atoms with van der Waals surface area (Å²) < 4.78 is 11.3. The van der Waals surface area contributed by atoms with E-state index in [0.29, 0.717) is 30.2 Å². The molecular weight excluding hydrogens is 352 g/mol. The van der Waals surface area contributed by atoms with Crippen LogP contribution in [-0.4, -0.2) is 43.2 Å². The monoisotopic (exact) mass is 384 g/mol. The summed E-state index contributed by atoms with van der Waals surface area (Å²) in [6, 6.07) is 15.5. The quantitative estimate of drug-likeness (QED) is 0.465. The molecule has 0 aliphatic carbocycles.